The molecule has 0 spiro atoms. The summed E-state index contributed by atoms with van der Waals surface area (Å²) in [6.07, 6.45) is 0.272. The summed E-state index contributed by atoms with van der Waals surface area (Å²) >= 11 is 0. The van der Waals surface area contributed by atoms with Crippen LogP contribution in [0.1, 0.15) is 6.42 Å². The fourth-order valence-electron chi connectivity index (χ4n) is 1.14. The van der Waals surface area contributed by atoms with Gasteiger partial charge in [0.15, 0.2) is 0 Å². The number of halogens is 3. The van der Waals surface area contributed by atoms with Crippen molar-refractivity contribution in [3.63, 3.8) is 0 Å². The molecule has 0 saturated carbocycles. The molecule has 1 aliphatic heterocycles. The molecule has 1 fully saturated rings. The third-order valence-corrected chi connectivity index (χ3v) is 10.2. The first-order valence-corrected chi connectivity index (χ1v) is 9.53. The molecule has 0 radical (unpaired) electrons. The predicted molar refractivity (Wildman–Crippen MR) is 47.6 cm³/mol. The van der Waals surface area contributed by atoms with Crippen LogP contribution in [0.4, 0.5) is 12.3 Å². The summed E-state index contributed by atoms with van der Waals surface area (Å²) in [5, 5.41) is 8.53. The third-order valence-electron chi connectivity index (χ3n) is 1.70. The van der Waals surface area contributed by atoms with Crippen molar-refractivity contribution in [3.05, 3.63) is 0 Å². The lowest BCUT2D eigenvalue weighted by molar-refractivity contribution is 0.136. The zero-order chi connectivity index (χ0) is 10.8. The smallest absolute Gasteiger partial charge is 0.396 e. The van der Waals surface area contributed by atoms with E-state index in [1.54, 1.807) is 0 Å². The van der Waals surface area contributed by atoms with Gasteiger partial charge in [-0.3, -0.25) is 0 Å². The Bertz CT molecular complexity index is 208. The highest BCUT2D eigenvalue weighted by Gasteiger charge is 2.59. The average molecular weight is 264 g/mol. The quantitative estimate of drug-likeness (QED) is 0.598. The van der Waals surface area contributed by atoms with E-state index in [-0.39, 0.29) is 19.1 Å². The summed E-state index contributed by atoms with van der Waals surface area (Å²) in [5.41, 5.74) is 0. The number of hydrogen-bond acceptors (Lipinski definition) is 4. The van der Waals surface area contributed by atoms with Crippen LogP contribution in [-0.4, -0.2) is 39.1 Å². The average Bonchev–Trinajstić information content (AvgIpc) is 1.96. The van der Waals surface area contributed by atoms with Gasteiger partial charge < -0.3 is 17.5 Å². The summed E-state index contributed by atoms with van der Waals surface area (Å²) in [5.74, 6) is 0. The van der Waals surface area contributed by atoms with E-state index in [0.29, 0.717) is 0 Å². The molecule has 0 aromatic rings. The van der Waals surface area contributed by atoms with E-state index < -0.39 is 27.4 Å². The van der Waals surface area contributed by atoms with Crippen LogP contribution >= 0.6 is 0 Å². The van der Waals surface area contributed by atoms with E-state index in [0.717, 1.165) is 0 Å². The van der Waals surface area contributed by atoms with Crippen LogP contribution in [0.15, 0.2) is 0 Å². The summed E-state index contributed by atoms with van der Waals surface area (Å²) in [7, 11) is -12.2. The molecule has 2 unspecified atom stereocenters. The van der Waals surface area contributed by atoms with Gasteiger partial charge in [-0.2, -0.15) is 0 Å². The summed E-state index contributed by atoms with van der Waals surface area (Å²) in [6, 6.07) is 0.156. The van der Waals surface area contributed by atoms with Crippen molar-refractivity contribution in [1.29, 1.82) is 0 Å². The van der Waals surface area contributed by atoms with Crippen LogP contribution in [0.3, 0.4) is 0 Å². The van der Waals surface area contributed by atoms with Crippen molar-refractivity contribution in [3.8, 4) is 0 Å². The van der Waals surface area contributed by atoms with Gasteiger partial charge in [0.05, 0.1) is 0 Å². The summed E-state index contributed by atoms with van der Waals surface area (Å²) < 4.78 is 51.2. The minimum atomic E-state index is -5.30. The van der Waals surface area contributed by atoms with Gasteiger partial charge in [0.2, 0.25) is 0 Å². The molecule has 1 saturated heterocycles. The summed E-state index contributed by atoms with van der Waals surface area (Å²) in [6.45, 7) is 1.22. The van der Waals surface area contributed by atoms with Crippen LogP contribution in [0.5, 0.6) is 0 Å². The van der Waals surface area contributed by atoms with Crippen LogP contribution in [0, 0.1) is 0 Å². The highest BCUT2D eigenvalue weighted by Crippen LogP contribution is 2.30. The standard InChI is InChI=1S/C4H11F3O4Si3/c1-13(4-2-3-8)9-12(5)10-14(6,7)11-13/h8,12H,2-4H2,1H3. The number of hydrogen-bond donors (Lipinski definition) is 1. The first kappa shape index (κ1) is 12.4. The second-order valence-corrected chi connectivity index (χ2v) is 9.98. The number of rotatable bonds is 3. The number of aliphatic hydroxyl groups is 1. The Morgan fingerprint density at radius 2 is 2.00 bits per heavy atom. The van der Waals surface area contributed by atoms with Gasteiger partial charge in [-0.1, -0.05) is 0 Å². The van der Waals surface area contributed by atoms with Gasteiger partial charge >= 0.3 is 27.4 Å². The first-order valence-electron chi connectivity index (χ1n) is 4.05. The van der Waals surface area contributed by atoms with Gasteiger partial charge in [0.25, 0.3) is 0 Å². The van der Waals surface area contributed by atoms with E-state index in [2.05, 4.69) is 8.23 Å². The Morgan fingerprint density at radius 1 is 1.36 bits per heavy atom. The molecule has 2 atom stereocenters. The van der Waals surface area contributed by atoms with Gasteiger partial charge in [-0.25, -0.2) is 12.3 Å². The molecule has 1 heterocycles. The van der Waals surface area contributed by atoms with Crippen molar-refractivity contribution < 1.29 is 29.8 Å². The number of aliphatic hydroxyl groups excluding tert-OH is 1. The van der Waals surface area contributed by atoms with Crippen LogP contribution < -0.4 is 0 Å². The maximum Gasteiger partial charge on any atom is 0.744 e. The SMILES string of the molecule is C[Si]1(CCCO)O[SiH](F)O[Si](F)(F)O1. The normalized spacial score (nSPS) is 37.1. The molecule has 1 N–H and O–H groups in total. The molecule has 0 aromatic carbocycles. The Labute approximate surface area is 83.5 Å². The fraction of sp³-hybridized carbons (Fsp3) is 1.00. The van der Waals surface area contributed by atoms with Gasteiger partial charge in [0, 0.05) is 6.61 Å². The zero-order valence-corrected chi connectivity index (χ0v) is 10.7. The molecular weight excluding hydrogens is 253 g/mol. The molecule has 1 rings (SSSR count). The molecule has 4 nitrogen and oxygen atoms in total. The minimum absolute atomic E-state index is 0.151. The van der Waals surface area contributed by atoms with E-state index in [9.17, 15) is 12.3 Å². The van der Waals surface area contributed by atoms with E-state index in [1.807, 2.05) is 0 Å². The minimum Gasteiger partial charge on any atom is -0.396 e. The Hall–Kier alpha value is 0.281. The van der Waals surface area contributed by atoms with E-state index >= 15 is 0 Å². The molecule has 84 valence electrons. The highest BCUT2D eigenvalue weighted by atomic mass is 28.6. The Kier molecular flexibility index (Phi) is 3.90. The van der Waals surface area contributed by atoms with Gasteiger partial charge in [0.1, 0.15) is 0 Å². The predicted octanol–water partition coefficient (Wildman–Crippen LogP) is 0.565. The van der Waals surface area contributed by atoms with Gasteiger partial charge in [-0.15, -0.1) is 0 Å². The van der Waals surface area contributed by atoms with Crippen LogP contribution in [-0.2, 0) is 12.3 Å². The second kappa shape index (κ2) is 4.42. The second-order valence-electron chi connectivity index (χ2n) is 3.04. The molecular formula is C4H11F3O4Si3. The molecule has 0 aromatic heterocycles. The first-order chi connectivity index (χ1) is 6.37. The largest absolute Gasteiger partial charge is 0.744 e. The maximum atomic E-state index is 12.8. The van der Waals surface area contributed by atoms with E-state index in [1.165, 1.54) is 6.55 Å². The van der Waals surface area contributed by atoms with Crippen molar-refractivity contribution in [1.82, 2.24) is 0 Å². The monoisotopic (exact) mass is 264 g/mol. The van der Waals surface area contributed by atoms with Crippen LogP contribution in [0.2, 0.25) is 12.6 Å². The maximum absolute atomic E-state index is 12.8. The molecule has 0 bridgehead atoms. The Balaban J connectivity index is 2.59. The van der Waals surface area contributed by atoms with Crippen molar-refractivity contribution in [2.24, 2.45) is 0 Å². The lowest BCUT2D eigenvalue weighted by atomic mass is 10.5. The fourth-order valence-corrected chi connectivity index (χ4v) is 9.14. The molecule has 14 heavy (non-hydrogen) atoms. The lowest BCUT2D eigenvalue weighted by Crippen LogP contribution is -2.59. The van der Waals surface area contributed by atoms with E-state index in [4.69, 9.17) is 9.22 Å². The molecule has 0 amide bonds. The topological polar surface area (TPSA) is 47.9 Å². The van der Waals surface area contributed by atoms with Crippen LogP contribution in [0.25, 0.3) is 0 Å². The van der Waals surface area contributed by atoms with Crippen molar-refractivity contribution in [2.75, 3.05) is 6.61 Å². The molecule has 0 aliphatic carbocycles. The van der Waals surface area contributed by atoms with Crippen molar-refractivity contribution in [2.45, 2.75) is 19.0 Å². The Morgan fingerprint density at radius 3 is 2.50 bits per heavy atom. The van der Waals surface area contributed by atoms with Crippen molar-refractivity contribution >= 4 is 27.4 Å². The summed E-state index contributed by atoms with van der Waals surface area (Å²) in [4.78, 5) is 0. The van der Waals surface area contributed by atoms with Gasteiger partial charge in [-0.05, 0) is 19.0 Å². The molecule has 1 aliphatic rings. The lowest BCUT2D eigenvalue weighted by Gasteiger charge is -2.35. The zero-order valence-electron chi connectivity index (χ0n) is 7.50. The third kappa shape index (κ3) is 3.45. The molecule has 10 heteroatoms. The highest BCUT2D eigenvalue weighted by molar-refractivity contribution is 6.83.